The largest absolute Gasteiger partial charge is 0.372 e. The van der Waals surface area contributed by atoms with Crippen molar-refractivity contribution >= 4 is 28.3 Å². The van der Waals surface area contributed by atoms with Crippen LogP contribution in [0.5, 0.6) is 0 Å². The highest BCUT2D eigenvalue weighted by atomic mass is 16.2. The molecular formula is C22H23N3O2. The van der Waals surface area contributed by atoms with Crippen LogP contribution in [0.2, 0.25) is 0 Å². The summed E-state index contributed by atoms with van der Waals surface area (Å²) < 4.78 is 0. The van der Waals surface area contributed by atoms with E-state index in [-0.39, 0.29) is 11.8 Å². The smallest absolute Gasteiger partial charge is 0.269 e. The summed E-state index contributed by atoms with van der Waals surface area (Å²) in [5.41, 5.74) is 6.99. The molecule has 138 valence electrons. The quantitative estimate of drug-likeness (QED) is 0.680. The van der Waals surface area contributed by atoms with Gasteiger partial charge < -0.3 is 4.90 Å². The number of hydrazine groups is 1. The van der Waals surface area contributed by atoms with Gasteiger partial charge in [-0.25, -0.2) is 0 Å². The molecule has 0 bridgehead atoms. The van der Waals surface area contributed by atoms with Crippen molar-refractivity contribution in [3.8, 4) is 0 Å². The van der Waals surface area contributed by atoms with E-state index in [1.54, 1.807) is 24.3 Å². The van der Waals surface area contributed by atoms with Gasteiger partial charge >= 0.3 is 0 Å². The molecule has 0 aliphatic rings. The normalized spacial score (nSPS) is 10.4. The van der Waals surface area contributed by atoms with Crippen LogP contribution in [0, 0.1) is 0 Å². The van der Waals surface area contributed by atoms with E-state index in [9.17, 15) is 9.59 Å². The van der Waals surface area contributed by atoms with E-state index in [1.165, 1.54) is 0 Å². The predicted octanol–water partition coefficient (Wildman–Crippen LogP) is 3.76. The first kappa shape index (κ1) is 18.5. The van der Waals surface area contributed by atoms with E-state index in [4.69, 9.17) is 0 Å². The average molecular weight is 361 g/mol. The summed E-state index contributed by atoms with van der Waals surface area (Å²) in [6.07, 6.45) is 0. The number of carbonyl (C=O) groups excluding carboxylic acids is 2. The number of anilines is 1. The molecule has 3 aromatic rings. The Morgan fingerprint density at radius 2 is 1.30 bits per heavy atom. The molecule has 2 N–H and O–H groups in total. The van der Waals surface area contributed by atoms with Gasteiger partial charge in [0.2, 0.25) is 0 Å². The third-order valence-electron chi connectivity index (χ3n) is 4.56. The molecule has 5 heteroatoms. The first-order chi connectivity index (χ1) is 13.1. The van der Waals surface area contributed by atoms with E-state index < -0.39 is 0 Å². The van der Waals surface area contributed by atoms with E-state index in [0.29, 0.717) is 11.1 Å². The van der Waals surface area contributed by atoms with Gasteiger partial charge in [0.05, 0.1) is 0 Å². The number of carbonyl (C=O) groups is 2. The molecule has 0 atom stereocenters. The van der Waals surface area contributed by atoms with Crippen molar-refractivity contribution in [3.05, 3.63) is 77.9 Å². The highest BCUT2D eigenvalue weighted by Crippen LogP contribution is 2.16. The van der Waals surface area contributed by atoms with Gasteiger partial charge in [0.15, 0.2) is 0 Å². The SMILES string of the molecule is CCN(CC)c1ccc(C(=O)NNC(=O)c2ccc3ccccc3c2)cc1. The van der Waals surface area contributed by atoms with Gasteiger partial charge in [-0.05, 0) is 61.0 Å². The van der Waals surface area contributed by atoms with E-state index in [2.05, 4.69) is 29.6 Å². The van der Waals surface area contributed by atoms with Crippen LogP contribution in [0.4, 0.5) is 5.69 Å². The molecule has 27 heavy (non-hydrogen) atoms. The minimum absolute atomic E-state index is 0.352. The van der Waals surface area contributed by atoms with Gasteiger partial charge in [0.25, 0.3) is 11.8 Å². The minimum Gasteiger partial charge on any atom is -0.372 e. The van der Waals surface area contributed by atoms with Crippen molar-refractivity contribution in [2.75, 3.05) is 18.0 Å². The van der Waals surface area contributed by atoms with Crippen LogP contribution >= 0.6 is 0 Å². The summed E-state index contributed by atoms with van der Waals surface area (Å²) in [6, 6.07) is 20.6. The highest BCUT2D eigenvalue weighted by molar-refractivity contribution is 6.01. The third kappa shape index (κ3) is 4.26. The summed E-state index contributed by atoms with van der Waals surface area (Å²) in [5, 5.41) is 2.04. The van der Waals surface area contributed by atoms with Gasteiger partial charge in [-0.15, -0.1) is 0 Å². The lowest BCUT2D eigenvalue weighted by Gasteiger charge is -2.21. The number of nitrogens with one attached hydrogen (secondary N) is 2. The fourth-order valence-electron chi connectivity index (χ4n) is 3.00. The van der Waals surface area contributed by atoms with Crippen molar-refractivity contribution in [3.63, 3.8) is 0 Å². The zero-order chi connectivity index (χ0) is 19.2. The maximum absolute atomic E-state index is 12.3. The molecule has 0 unspecified atom stereocenters. The zero-order valence-corrected chi connectivity index (χ0v) is 15.5. The second kappa shape index (κ2) is 8.36. The predicted molar refractivity (Wildman–Crippen MR) is 109 cm³/mol. The zero-order valence-electron chi connectivity index (χ0n) is 15.5. The van der Waals surface area contributed by atoms with Crippen LogP contribution in [-0.2, 0) is 0 Å². The van der Waals surface area contributed by atoms with E-state index >= 15 is 0 Å². The lowest BCUT2D eigenvalue weighted by Crippen LogP contribution is -2.41. The third-order valence-corrected chi connectivity index (χ3v) is 4.56. The number of amides is 2. The Bertz CT molecular complexity index is 947. The molecule has 0 spiro atoms. The van der Waals surface area contributed by atoms with Crippen LogP contribution in [-0.4, -0.2) is 24.9 Å². The number of hydrogen-bond acceptors (Lipinski definition) is 3. The molecule has 0 radical (unpaired) electrons. The summed E-state index contributed by atoms with van der Waals surface area (Å²) in [7, 11) is 0. The molecule has 0 aromatic heterocycles. The first-order valence-electron chi connectivity index (χ1n) is 9.07. The molecule has 3 rings (SSSR count). The van der Waals surface area contributed by atoms with Gasteiger partial charge in [0, 0.05) is 29.9 Å². The molecular weight excluding hydrogens is 338 g/mol. The second-order valence-corrected chi connectivity index (χ2v) is 6.19. The summed E-state index contributed by atoms with van der Waals surface area (Å²) in [4.78, 5) is 26.8. The molecule has 0 fully saturated rings. The van der Waals surface area contributed by atoms with Crippen molar-refractivity contribution in [2.24, 2.45) is 0 Å². The van der Waals surface area contributed by atoms with Crippen LogP contribution in [0.3, 0.4) is 0 Å². The Morgan fingerprint density at radius 1 is 0.741 bits per heavy atom. The maximum Gasteiger partial charge on any atom is 0.269 e. The molecule has 0 aliphatic heterocycles. The first-order valence-corrected chi connectivity index (χ1v) is 9.07. The maximum atomic E-state index is 12.3. The van der Waals surface area contributed by atoms with Gasteiger partial charge in [-0.3, -0.25) is 20.4 Å². The van der Waals surface area contributed by atoms with Crippen molar-refractivity contribution in [2.45, 2.75) is 13.8 Å². The Kier molecular flexibility index (Phi) is 5.71. The second-order valence-electron chi connectivity index (χ2n) is 6.19. The number of benzene rings is 3. The summed E-state index contributed by atoms with van der Waals surface area (Å²) in [6.45, 7) is 5.99. The molecule has 0 saturated heterocycles. The fourth-order valence-corrected chi connectivity index (χ4v) is 3.00. The summed E-state index contributed by atoms with van der Waals surface area (Å²) >= 11 is 0. The molecule has 0 saturated carbocycles. The van der Waals surface area contributed by atoms with Crippen molar-refractivity contribution < 1.29 is 9.59 Å². The van der Waals surface area contributed by atoms with Gasteiger partial charge in [0.1, 0.15) is 0 Å². The van der Waals surface area contributed by atoms with Crippen molar-refractivity contribution in [1.82, 2.24) is 10.9 Å². The topological polar surface area (TPSA) is 61.4 Å². The Morgan fingerprint density at radius 3 is 1.93 bits per heavy atom. The fraction of sp³-hybridized carbons (Fsp3) is 0.182. The number of rotatable bonds is 5. The van der Waals surface area contributed by atoms with Crippen LogP contribution < -0.4 is 15.8 Å². The van der Waals surface area contributed by atoms with Crippen LogP contribution in [0.15, 0.2) is 66.7 Å². The van der Waals surface area contributed by atoms with Gasteiger partial charge in [-0.2, -0.15) is 0 Å². The molecule has 5 nitrogen and oxygen atoms in total. The minimum atomic E-state index is -0.353. The number of hydrogen-bond donors (Lipinski definition) is 2. The summed E-state index contributed by atoms with van der Waals surface area (Å²) in [5.74, 6) is -0.705. The lowest BCUT2D eigenvalue weighted by molar-refractivity contribution is 0.0847. The van der Waals surface area contributed by atoms with Crippen LogP contribution in [0.25, 0.3) is 10.8 Å². The lowest BCUT2D eigenvalue weighted by atomic mass is 10.1. The Labute approximate surface area is 159 Å². The molecule has 0 heterocycles. The van der Waals surface area contributed by atoms with Gasteiger partial charge in [-0.1, -0.05) is 30.3 Å². The highest BCUT2D eigenvalue weighted by Gasteiger charge is 2.10. The Hall–Kier alpha value is -3.34. The van der Waals surface area contributed by atoms with Crippen LogP contribution in [0.1, 0.15) is 34.6 Å². The number of nitrogens with zero attached hydrogens (tertiary/aromatic N) is 1. The molecule has 0 aliphatic carbocycles. The molecule has 3 aromatic carbocycles. The number of fused-ring (bicyclic) bond motifs is 1. The van der Waals surface area contributed by atoms with E-state index in [1.807, 2.05) is 42.5 Å². The Balaban J connectivity index is 1.63. The monoisotopic (exact) mass is 361 g/mol. The average Bonchev–Trinajstić information content (AvgIpc) is 2.72. The molecule has 2 amide bonds. The van der Waals surface area contributed by atoms with Crippen molar-refractivity contribution in [1.29, 1.82) is 0 Å². The van der Waals surface area contributed by atoms with E-state index in [0.717, 1.165) is 29.5 Å². The standard InChI is InChI=1S/C22H23N3O2/c1-3-25(4-2)20-13-11-17(12-14-20)21(26)23-24-22(27)19-10-9-16-7-5-6-8-18(16)15-19/h5-15H,3-4H2,1-2H3,(H,23,26)(H,24,27).